The highest BCUT2D eigenvalue weighted by Gasteiger charge is 2.19. The molecule has 0 amide bonds. The molecule has 28 heavy (non-hydrogen) atoms. The van der Waals surface area contributed by atoms with Crippen LogP contribution in [0.2, 0.25) is 0 Å². The van der Waals surface area contributed by atoms with Gasteiger partial charge in [-0.15, -0.1) is 0 Å². The van der Waals surface area contributed by atoms with Gasteiger partial charge in [-0.05, 0) is 64.0 Å². The molecule has 5 nitrogen and oxygen atoms in total. The lowest BCUT2D eigenvalue weighted by atomic mass is 10.0. The molecule has 0 aliphatic rings. The van der Waals surface area contributed by atoms with Gasteiger partial charge in [0, 0.05) is 6.54 Å². The van der Waals surface area contributed by atoms with Crippen molar-refractivity contribution in [2.45, 2.75) is 46.4 Å². The Labute approximate surface area is 175 Å². The maximum Gasteiger partial charge on any atom is 0.320 e. The number of carboxylic acid groups (broad SMARTS) is 1. The number of carbonyl (C=O) groups is 1. The van der Waals surface area contributed by atoms with E-state index in [1.807, 2.05) is 44.2 Å². The minimum absolute atomic E-state index is 0.298. The first kappa shape index (κ1) is 22.2. The molecule has 152 valence electrons. The van der Waals surface area contributed by atoms with Crippen molar-refractivity contribution in [3.63, 3.8) is 0 Å². The summed E-state index contributed by atoms with van der Waals surface area (Å²) in [5.41, 5.74) is 3.20. The van der Waals surface area contributed by atoms with Crippen LogP contribution in [-0.4, -0.2) is 24.2 Å². The van der Waals surface area contributed by atoms with E-state index in [4.69, 9.17) is 9.47 Å². The predicted octanol–water partition coefficient (Wildman–Crippen LogP) is 4.93. The van der Waals surface area contributed by atoms with Crippen LogP contribution in [-0.2, 0) is 17.9 Å². The highest BCUT2D eigenvalue weighted by atomic mass is 79.9. The molecule has 0 aromatic heterocycles. The maximum absolute atomic E-state index is 11.4. The lowest BCUT2D eigenvalue weighted by molar-refractivity contribution is -0.140. The van der Waals surface area contributed by atoms with Crippen LogP contribution in [0.25, 0.3) is 0 Å². The van der Waals surface area contributed by atoms with Crippen molar-refractivity contribution >= 4 is 21.9 Å². The second kappa shape index (κ2) is 10.5. The highest BCUT2D eigenvalue weighted by molar-refractivity contribution is 9.10. The molecule has 0 aliphatic carbocycles. The topological polar surface area (TPSA) is 67.8 Å². The standard InChI is InChI=1S/C22H28BrNO4/c1-14(2)9-19(22(25)26)24-12-16-10-18(23)21(20(11-16)27-4)28-13-17-8-6-5-7-15(17)3/h5-8,10-11,14,19,24H,9,12-13H2,1-4H3,(H,25,26). The van der Waals surface area contributed by atoms with Crippen LogP contribution < -0.4 is 14.8 Å². The van der Waals surface area contributed by atoms with E-state index in [0.717, 1.165) is 15.6 Å². The third-order valence-electron chi connectivity index (χ3n) is 4.48. The summed E-state index contributed by atoms with van der Waals surface area (Å²) in [6.45, 7) is 6.94. The highest BCUT2D eigenvalue weighted by Crippen LogP contribution is 2.37. The van der Waals surface area contributed by atoms with Crippen LogP contribution in [0.15, 0.2) is 40.9 Å². The Hall–Kier alpha value is -2.05. The summed E-state index contributed by atoms with van der Waals surface area (Å²) in [6, 6.07) is 11.3. The van der Waals surface area contributed by atoms with E-state index < -0.39 is 12.0 Å². The lowest BCUT2D eigenvalue weighted by Crippen LogP contribution is -2.37. The zero-order chi connectivity index (χ0) is 20.7. The number of hydrogen-bond donors (Lipinski definition) is 2. The Kier molecular flexibility index (Phi) is 8.33. The molecule has 2 aromatic rings. The summed E-state index contributed by atoms with van der Waals surface area (Å²) in [7, 11) is 1.60. The van der Waals surface area contributed by atoms with E-state index in [1.165, 1.54) is 5.56 Å². The van der Waals surface area contributed by atoms with Gasteiger partial charge in [-0.25, -0.2) is 0 Å². The second-order valence-electron chi connectivity index (χ2n) is 7.23. The Morgan fingerprint density at radius 3 is 2.57 bits per heavy atom. The molecule has 0 radical (unpaired) electrons. The molecule has 1 unspecified atom stereocenters. The van der Waals surface area contributed by atoms with Crippen molar-refractivity contribution in [1.29, 1.82) is 0 Å². The number of nitrogens with one attached hydrogen (secondary N) is 1. The van der Waals surface area contributed by atoms with Crippen molar-refractivity contribution in [3.05, 3.63) is 57.6 Å². The largest absolute Gasteiger partial charge is 0.493 e. The number of rotatable bonds is 10. The van der Waals surface area contributed by atoms with E-state index in [1.54, 1.807) is 7.11 Å². The van der Waals surface area contributed by atoms with Crippen molar-refractivity contribution < 1.29 is 19.4 Å². The Morgan fingerprint density at radius 2 is 1.96 bits per heavy atom. The summed E-state index contributed by atoms with van der Waals surface area (Å²) < 4.78 is 12.3. The van der Waals surface area contributed by atoms with Crippen molar-refractivity contribution in [2.75, 3.05) is 7.11 Å². The molecular formula is C22H28BrNO4. The number of benzene rings is 2. The fraction of sp³-hybridized carbons (Fsp3) is 0.409. The molecule has 0 spiro atoms. The van der Waals surface area contributed by atoms with Gasteiger partial charge in [0.2, 0.25) is 0 Å². The quantitative estimate of drug-likeness (QED) is 0.537. The number of methoxy groups -OCH3 is 1. The minimum Gasteiger partial charge on any atom is -0.493 e. The molecule has 2 N–H and O–H groups in total. The van der Waals surface area contributed by atoms with Crippen molar-refractivity contribution in [2.24, 2.45) is 5.92 Å². The van der Waals surface area contributed by atoms with Crippen molar-refractivity contribution in [1.82, 2.24) is 5.32 Å². The van der Waals surface area contributed by atoms with E-state index in [0.29, 0.717) is 37.0 Å². The fourth-order valence-corrected chi connectivity index (χ4v) is 3.53. The van der Waals surface area contributed by atoms with Gasteiger partial charge in [0.25, 0.3) is 0 Å². The van der Waals surface area contributed by atoms with Crippen LogP contribution in [0.5, 0.6) is 11.5 Å². The molecule has 6 heteroatoms. The van der Waals surface area contributed by atoms with Crippen LogP contribution in [0.1, 0.15) is 37.0 Å². The predicted molar refractivity (Wildman–Crippen MR) is 114 cm³/mol. The van der Waals surface area contributed by atoms with Gasteiger partial charge in [0.05, 0.1) is 11.6 Å². The average molecular weight is 450 g/mol. The summed E-state index contributed by atoms with van der Waals surface area (Å²) in [5.74, 6) is 0.701. The first-order valence-electron chi connectivity index (χ1n) is 9.31. The van der Waals surface area contributed by atoms with Crippen LogP contribution >= 0.6 is 15.9 Å². The van der Waals surface area contributed by atoms with Crippen LogP contribution in [0, 0.1) is 12.8 Å². The maximum atomic E-state index is 11.4. The summed E-state index contributed by atoms with van der Waals surface area (Å²) in [4.78, 5) is 11.4. The third kappa shape index (κ3) is 6.24. The van der Waals surface area contributed by atoms with Gasteiger partial charge in [-0.3, -0.25) is 4.79 Å². The van der Waals surface area contributed by atoms with Gasteiger partial charge in [0.15, 0.2) is 11.5 Å². The monoisotopic (exact) mass is 449 g/mol. The molecule has 0 saturated heterocycles. The lowest BCUT2D eigenvalue weighted by Gasteiger charge is -2.18. The van der Waals surface area contributed by atoms with Crippen molar-refractivity contribution in [3.8, 4) is 11.5 Å². The number of carboxylic acids is 1. The minimum atomic E-state index is -0.835. The average Bonchev–Trinajstić information content (AvgIpc) is 2.64. The number of aliphatic carboxylic acids is 1. The summed E-state index contributed by atoms with van der Waals surface area (Å²) >= 11 is 3.56. The molecule has 2 aromatic carbocycles. The first-order valence-corrected chi connectivity index (χ1v) is 10.1. The molecule has 1 atom stereocenters. The molecule has 0 aliphatic heterocycles. The van der Waals surface area contributed by atoms with Gasteiger partial charge in [-0.2, -0.15) is 0 Å². The molecule has 0 heterocycles. The van der Waals surface area contributed by atoms with E-state index in [2.05, 4.69) is 34.2 Å². The van der Waals surface area contributed by atoms with Crippen LogP contribution in [0.4, 0.5) is 0 Å². The van der Waals surface area contributed by atoms with E-state index >= 15 is 0 Å². The molecular weight excluding hydrogens is 422 g/mol. The zero-order valence-electron chi connectivity index (χ0n) is 16.8. The molecule has 0 bridgehead atoms. The molecule has 2 rings (SSSR count). The molecule has 0 fully saturated rings. The fourth-order valence-electron chi connectivity index (χ4n) is 2.92. The van der Waals surface area contributed by atoms with Gasteiger partial charge < -0.3 is 19.9 Å². The van der Waals surface area contributed by atoms with Crippen LogP contribution in [0.3, 0.4) is 0 Å². The zero-order valence-corrected chi connectivity index (χ0v) is 18.4. The Balaban J connectivity index is 2.11. The SMILES string of the molecule is COc1cc(CNC(CC(C)C)C(=O)O)cc(Br)c1OCc1ccccc1C. The number of ether oxygens (including phenoxy) is 2. The Morgan fingerprint density at radius 1 is 1.25 bits per heavy atom. The van der Waals surface area contributed by atoms with E-state index in [9.17, 15) is 9.90 Å². The normalized spacial score (nSPS) is 12.1. The van der Waals surface area contributed by atoms with Gasteiger partial charge in [0.1, 0.15) is 12.6 Å². The smallest absolute Gasteiger partial charge is 0.320 e. The number of halogens is 1. The number of hydrogen-bond acceptors (Lipinski definition) is 4. The van der Waals surface area contributed by atoms with E-state index in [-0.39, 0.29) is 0 Å². The Bertz CT molecular complexity index is 807. The summed E-state index contributed by atoms with van der Waals surface area (Å²) in [6.07, 6.45) is 0.575. The third-order valence-corrected chi connectivity index (χ3v) is 5.07. The second-order valence-corrected chi connectivity index (χ2v) is 8.08. The first-order chi connectivity index (χ1) is 13.3. The van der Waals surface area contributed by atoms with Gasteiger partial charge >= 0.3 is 5.97 Å². The van der Waals surface area contributed by atoms with Gasteiger partial charge in [-0.1, -0.05) is 38.1 Å². The summed E-state index contributed by atoms with van der Waals surface area (Å²) in [5, 5.41) is 12.5. The molecule has 0 saturated carbocycles. The number of aryl methyl sites for hydroxylation is 1.